The summed E-state index contributed by atoms with van der Waals surface area (Å²) in [5.41, 5.74) is 2.17. The fraction of sp³-hybridized carbons (Fsp3) is 0.400. The predicted molar refractivity (Wildman–Crippen MR) is 78.1 cm³/mol. The number of fused-ring (bicyclic) bond motifs is 1. The number of methoxy groups -OCH3 is 1. The van der Waals surface area contributed by atoms with Crippen molar-refractivity contribution in [3.05, 3.63) is 33.7 Å². The van der Waals surface area contributed by atoms with Crippen LogP contribution in [0.15, 0.2) is 21.3 Å². The van der Waals surface area contributed by atoms with E-state index in [1.54, 1.807) is 20.1 Å². The van der Waals surface area contributed by atoms with Crippen LogP contribution in [0.4, 0.5) is 5.69 Å². The number of nitrogens with zero attached hydrogens (tertiary/aromatic N) is 1. The Hall–Kier alpha value is -1.81. The second kappa shape index (κ2) is 4.38. The largest absolute Gasteiger partial charge is 0.491 e. The summed E-state index contributed by atoms with van der Waals surface area (Å²) < 4.78 is 11.8. The normalized spacial score (nSPS) is 11.9. The summed E-state index contributed by atoms with van der Waals surface area (Å²) in [4.78, 5) is 12.3. The molecule has 0 aliphatic rings. The van der Waals surface area contributed by atoms with Crippen molar-refractivity contribution in [2.24, 2.45) is 0 Å². The number of hydrogen-bond acceptors (Lipinski definition) is 3. The second-order valence-electron chi connectivity index (χ2n) is 5.62. The van der Waals surface area contributed by atoms with E-state index in [9.17, 15) is 4.79 Å². The quantitative estimate of drug-likeness (QED) is 0.781. The van der Waals surface area contributed by atoms with Gasteiger partial charge in [-0.05, 0) is 26.0 Å². The van der Waals surface area contributed by atoms with Crippen molar-refractivity contribution in [3.63, 3.8) is 0 Å². The van der Waals surface area contributed by atoms with Crippen molar-refractivity contribution < 1.29 is 9.15 Å². The third-order valence-corrected chi connectivity index (χ3v) is 3.35. The smallest absolute Gasteiger partial charge is 0.218 e. The van der Waals surface area contributed by atoms with Crippen LogP contribution in [-0.4, -0.2) is 28.3 Å². The Morgan fingerprint density at radius 3 is 2.32 bits per heavy atom. The molecule has 1 aromatic carbocycles. The van der Waals surface area contributed by atoms with Crippen molar-refractivity contribution in [2.75, 3.05) is 28.3 Å². The van der Waals surface area contributed by atoms with E-state index in [2.05, 4.69) is 0 Å². The van der Waals surface area contributed by atoms with E-state index in [0.717, 1.165) is 11.4 Å². The Kier molecular flexibility index (Phi) is 3.14. The highest BCUT2D eigenvalue weighted by molar-refractivity contribution is 5.91. The minimum absolute atomic E-state index is 0.0242. The first-order chi connectivity index (χ1) is 8.77. The van der Waals surface area contributed by atoms with Crippen LogP contribution in [0.1, 0.15) is 11.3 Å². The molecule has 1 heterocycles. The lowest BCUT2D eigenvalue weighted by Gasteiger charge is -2.25. The van der Waals surface area contributed by atoms with E-state index < -0.39 is 0 Å². The van der Waals surface area contributed by atoms with E-state index in [1.165, 1.54) is 0 Å². The Morgan fingerprint density at radius 2 is 1.79 bits per heavy atom. The molecule has 0 saturated heterocycles. The van der Waals surface area contributed by atoms with Gasteiger partial charge in [0.15, 0.2) is 11.2 Å². The predicted octanol–water partition coefficient (Wildman–Crippen LogP) is 2.62. The van der Waals surface area contributed by atoms with E-state index >= 15 is 0 Å². The van der Waals surface area contributed by atoms with Gasteiger partial charge in [-0.2, -0.15) is 0 Å². The summed E-state index contributed by atoms with van der Waals surface area (Å²) in [5, 5.41) is 0.604. The van der Waals surface area contributed by atoms with Gasteiger partial charge in [-0.3, -0.25) is 9.28 Å². The molecule has 19 heavy (non-hydrogen) atoms. The Morgan fingerprint density at radius 1 is 1.16 bits per heavy atom. The highest BCUT2D eigenvalue weighted by atomic mass is 16.5. The highest BCUT2D eigenvalue weighted by Crippen LogP contribution is 2.37. The topological polar surface area (TPSA) is 39.4 Å². The molecule has 0 bridgehead atoms. The Balaban J connectivity index is 3.02. The van der Waals surface area contributed by atoms with Gasteiger partial charge < -0.3 is 9.15 Å². The van der Waals surface area contributed by atoms with E-state index in [0.29, 0.717) is 26.8 Å². The van der Waals surface area contributed by atoms with Crippen molar-refractivity contribution in [2.45, 2.75) is 13.8 Å². The number of ether oxygens (including phenoxy) is 1. The number of quaternary nitrogens is 1. The van der Waals surface area contributed by atoms with Crippen LogP contribution in [0.3, 0.4) is 0 Å². The summed E-state index contributed by atoms with van der Waals surface area (Å²) in [6.07, 6.45) is 0. The van der Waals surface area contributed by atoms with Crippen LogP contribution in [0.25, 0.3) is 11.0 Å². The fourth-order valence-corrected chi connectivity index (χ4v) is 2.23. The zero-order chi connectivity index (χ0) is 14.4. The Labute approximate surface area is 112 Å². The van der Waals surface area contributed by atoms with Gasteiger partial charge in [0.05, 0.1) is 33.6 Å². The van der Waals surface area contributed by atoms with Crippen LogP contribution < -0.4 is 14.6 Å². The van der Waals surface area contributed by atoms with Gasteiger partial charge in [-0.15, -0.1) is 0 Å². The van der Waals surface area contributed by atoms with Gasteiger partial charge in [0.25, 0.3) is 0 Å². The van der Waals surface area contributed by atoms with E-state index in [4.69, 9.17) is 9.15 Å². The number of hydrogen-bond donors (Lipinski definition) is 0. The molecule has 0 fully saturated rings. The maximum absolute atomic E-state index is 12.3. The van der Waals surface area contributed by atoms with Gasteiger partial charge in [0.2, 0.25) is 11.3 Å². The third-order valence-electron chi connectivity index (χ3n) is 3.35. The van der Waals surface area contributed by atoms with Crippen molar-refractivity contribution in [1.29, 1.82) is 0 Å². The first-order valence-corrected chi connectivity index (χ1v) is 6.20. The lowest BCUT2D eigenvalue weighted by atomic mass is 10.1. The molecular weight excluding hydrogens is 242 g/mol. The zero-order valence-corrected chi connectivity index (χ0v) is 12.3. The molecule has 0 aliphatic carbocycles. The van der Waals surface area contributed by atoms with Crippen LogP contribution >= 0.6 is 0 Å². The van der Waals surface area contributed by atoms with E-state index in [-0.39, 0.29) is 5.43 Å². The van der Waals surface area contributed by atoms with Crippen molar-refractivity contribution >= 4 is 16.7 Å². The number of aryl methyl sites for hydroxylation is 1. The molecule has 0 aliphatic heterocycles. The first kappa shape index (κ1) is 13.6. The summed E-state index contributed by atoms with van der Waals surface area (Å²) in [5.74, 6) is 1.38. The molecule has 0 amide bonds. The molecule has 0 saturated carbocycles. The standard InChI is InChI=1S/C15H20NO3/c1-9-10(2)19-15-11(14(9)17)7-8-12(18-6)13(15)16(3,4)5/h7-8H,1-6H3/q+1. The summed E-state index contributed by atoms with van der Waals surface area (Å²) in [6.45, 7) is 3.60. The molecule has 2 rings (SSSR count). The number of rotatable bonds is 2. The van der Waals surface area contributed by atoms with Gasteiger partial charge in [0.1, 0.15) is 5.76 Å². The van der Waals surface area contributed by atoms with E-state index in [1.807, 2.05) is 34.1 Å². The van der Waals surface area contributed by atoms with Gasteiger partial charge in [-0.1, -0.05) is 0 Å². The zero-order valence-electron chi connectivity index (χ0n) is 12.3. The first-order valence-electron chi connectivity index (χ1n) is 6.20. The molecule has 2 aromatic rings. The molecule has 0 radical (unpaired) electrons. The van der Waals surface area contributed by atoms with Gasteiger partial charge in [0, 0.05) is 5.56 Å². The lowest BCUT2D eigenvalue weighted by molar-refractivity contribution is 0.388. The molecule has 102 valence electrons. The van der Waals surface area contributed by atoms with Crippen LogP contribution in [0.2, 0.25) is 0 Å². The molecule has 0 atom stereocenters. The molecule has 4 heteroatoms. The molecule has 0 unspecified atom stereocenters. The van der Waals surface area contributed by atoms with Crippen LogP contribution in [-0.2, 0) is 0 Å². The number of benzene rings is 1. The molecule has 4 nitrogen and oxygen atoms in total. The van der Waals surface area contributed by atoms with Crippen molar-refractivity contribution in [3.8, 4) is 5.75 Å². The van der Waals surface area contributed by atoms with Crippen LogP contribution in [0, 0.1) is 13.8 Å². The maximum Gasteiger partial charge on any atom is 0.218 e. The average molecular weight is 262 g/mol. The average Bonchev–Trinajstić information content (AvgIpc) is 2.33. The SMILES string of the molecule is COc1ccc2c(=O)c(C)c(C)oc2c1[N+](C)(C)C. The highest BCUT2D eigenvalue weighted by Gasteiger charge is 2.26. The molecular formula is C15H20NO3+. The molecule has 1 aromatic heterocycles. The summed E-state index contributed by atoms with van der Waals surface area (Å²) in [7, 11) is 7.69. The summed E-state index contributed by atoms with van der Waals surface area (Å²) in [6, 6.07) is 3.60. The summed E-state index contributed by atoms with van der Waals surface area (Å²) >= 11 is 0. The third kappa shape index (κ3) is 2.12. The van der Waals surface area contributed by atoms with Crippen LogP contribution in [0.5, 0.6) is 5.75 Å². The molecule has 0 N–H and O–H groups in total. The Bertz CT molecular complexity index is 693. The lowest BCUT2D eigenvalue weighted by Crippen LogP contribution is -2.35. The minimum Gasteiger partial charge on any atom is -0.491 e. The monoisotopic (exact) mass is 262 g/mol. The second-order valence-corrected chi connectivity index (χ2v) is 5.62. The maximum atomic E-state index is 12.3. The fourth-order valence-electron chi connectivity index (χ4n) is 2.23. The van der Waals surface area contributed by atoms with Crippen molar-refractivity contribution in [1.82, 2.24) is 4.48 Å². The minimum atomic E-state index is 0.0242. The van der Waals surface area contributed by atoms with Gasteiger partial charge >= 0.3 is 0 Å². The molecule has 0 spiro atoms. The van der Waals surface area contributed by atoms with Gasteiger partial charge in [-0.25, -0.2) is 0 Å².